The summed E-state index contributed by atoms with van der Waals surface area (Å²) in [6.07, 6.45) is 8.13. The van der Waals surface area contributed by atoms with E-state index in [9.17, 15) is 9.90 Å². The van der Waals surface area contributed by atoms with Gasteiger partial charge in [-0.1, -0.05) is 51.9 Å². The van der Waals surface area contributed by atoms with Gasteiger partial charge in [-0.05, 0) is 6.42 Å². The van der Waals surface area contributed by atoms with Crippen LogP contribution in [0.1, 0.15) is 58.3 Å². The van der Waals surface area contributed by atoms with Crippen molar-refractivity contribution in [2.24, 2.45) is 0 Å². The van der Waals surface area contributed by atoms with Gasteiger partial charge in [-0.15, -0.1) is 0 Å². The normalized spacial score (nSPS) is 9.40. The standard InChI is InChI=1S/C11H22O3.Li/c1-2-3-4-5-6-7-8-9-10-14-11(12)13;/h2-10H2,1H3,(H,12,13);/q;+1/p-1. The zero-order valence-electron chi connectivity index (χ0n) is 10.1. The number of hydrogen-bond acceptors (Lipinski definition) is 3. The van der Waals surface area contributed by atoms with E-state index >= 15 is 0 Å². The van der Waals surface area contributed by atoms with Crippen molar-refractivity contribution >= 4 is 6.16 Å². The van der Waals surface area contributed by atoms with E-state index in [1.807, 2.05) is 0 Å². The third-order valence-corrected chi connectivity index (χ3v) is 2.22. The summed E-state index contributed by atoms with van der Waals surface area (Å²) in [5, 5.41) is 9.87. The number of carbonyl (C=O) groups is 1. The van der Waals surface area contributed by atoms with E-state index in [1.54, 1.807) is 0 Å². The summed E-state index contributed by atoms with van der Waals surface area (Å²) in [4.78, 5) is 9.87. The van der Waals surface area contributed by atoms with E-state index in [0.717, 1.165) is 12.8 Å². The molecule has 15 heavy (non-hydrogen) atoms. The van der Waals surface area contributed by atoms with E-state index in [2.05, 4.69) is 11.7 Å². The smallest absolute Gasteiger partial charge is 0.550 e. The van der Waals surface area contributed by atoms with Crippen LogP contribution in [0.2, 0.25) is 0 Å². The number of rotatable bonds is 9. The monoisotopic (exact) mass is 208 g/mol. The molecule has 0 bridgehead atoms. The molecule has 0 aromatic heterocycles. The number of carboxylic acid groups (broad SMARTS) is 1. The van der Waals surface area contributed by atoms with Crippen molar-refractivity contribution < 1.29 is 33.5 Å². The van der Waals surface area contributed by atoms with Crippen LogP contribution in [0.5, 0.6) is 0 Å². The number of carbonyl (C=O) groups excluding carboxylic acids is 1. The number of hydrogen-bond donors (Lipinski definition) is 0. The molecule has 0 aliphatic heterocycles. The Morgan fingerprint density at radius 3 is 1.93 bits per heavy atom. The molecule has 0 aliphatic rings. The molecule has 84 valence electrons. The maximum atomic E-state index is 9.87. The van der Waals surface area contributed by atoms with E-state index in [-0.39, 0.29) is 25.5 Å². The van der Waals surface area contributed by atoms with Gasteiger partial charge in [-0.25, -0.2) is 0 Å². The summed E-state index contributed by atoms with van der Waals surface area (Å²) < 4.78 is 4.29. The van der Waals surface area contributed by atoms with Gasteiger partial charge in [0.25, 0.3) is 6.16 Å². The third-order valence-electron chi connectivity index (χ3n) is 2.22. The van der Waals surface area contributed by atoms with Crippen molar-refractivity contribution in [2.75, 3.05) is 6.61 Å². The Kier molecular flexibility index (Phi) is 16.0. The maximum absolute atomic E-state index is 9.87. The predicted molar refractivity (Wildman–Crippen MR) is 54.0 cm³/mol. The van der Waals surface area contributed by atoms with Crippen molar-refractivity contribution in [3.63, 3.8) is 0 Å². The largest absolute Gasteiger partial charge is 1.00 e. The van der Waals surface area contributed by atoms with Crippen molar-refractivity contribution in [1.29, 1.82) is 0 Å². The van der Waals surface area contributed by atoms with Crippen LogP contribution in [0.4, 0.5) is 4.79 Å². The average Bonchev–Trinajstić information content (AvgIpc) is 2.15. The van der Waals surface area contributed by atoms with E-state index in [1.165, 1.54) is 38.5 Å². The summed E-state index contributed by atoms with van der Waals surface area (Å²) in [6, 6.07) is 0. The molecule has 0 atom stereocenters. The molecule has 3 nitrogen and oxygen atoms in total. The first-order valence-corrected chi connectivity index (χ1v) is 5.61. The van der Waals surface area contributed by atoms with Crippen LogP contribution in [0, 0.1) is 0 Å². The third kappa shape index (κ3) is 16.5. The second kappa shape index (κ2) is 13.9. The predicted octanol–water partition coefficient (Wildman–Crippen LogP) is -0.509. The van der Waals surface area contributed by atoms with Crippen LogP contribution in [0.15, 0.2) is 0 Å². The molecule has 0 heterocycles. The van der Waals surface area contributed by atoms with Gasteiger partial charge in [-0.2, -0.15) is 0 Å². The van der Waals surface area contributed by atoms with Gasteiger partial charge >= 0.3 is 18.9 Å². The van der Waals surface area contributed by atoms with Gasteiger partial charge in [0.2, 0.25) is 0 Å². The van der Waals surface area contributed by atoms with Gasteiger partial charge in [0.15, 0.2) is 0 Å². The second-order valence-electron chi connectivity index (χ2n) is 3.57. The minimum Gasteiger partial charge on any atom is -0.550 e. The Morgan fingerprint density at radius 2 is 1.47 bits per heavy atom. The van der Waals surface area contributed by atoms with Gasteiger partial charge in [0, 0.05) is 6.61 Å². The molecule has 4 heteroatoms. The topological polar surface area (TPSA) is 49.4 Å². The van der Waals surface area contributed by atoms with Crippen LogP contribution in [-0.2, 0) is 4.74 Å². The first-order valence-electron chi connectivity index (χ1n) is 5.61. The molecular formula is C11H21LiO3. The molecule has 0 aliphatic carbocycles. The van der Waals surface area contributed by atoms with E-state index < -0.39 is 6.16 Å². The van der Waals surface area contributed by atoms with Gasteiger partial charge in [0.05, 0.1) is 0 Å². The Bertz CT molecular complexity index is 140. The van der Waals surface area contributed by atoms with Crippen LogP contribution < -0.4 is 24.0 Å². The van der Waals surface area contributed by atoms with Crippen LogP contribution in [-0.4, -0.2) is 12.8 Å². The fourth-order valence-corrected chi connectivity index (χ4v) is 1.39. The van der Waals surface area contributed by atoms with Crippen LogP contribution in [0.3, 0.4) is 0 Å². The zero-order valence-corrected chi connectivity index (χ0v) is 10.1. The molecule has 0 rings (SSSR count). The molecule has 0 amide bonds. The van der Waals surface area contributed by atoms with E-state index in [4.69, 9.17) is 0 Å². The molecule has 0 aromatic rings. The zero-order chi connectivity index (χ0) is 10.6. The number of ether oxygens (including phenoxy) is 1. The molecular weight excluding hydrogens is 187 g/mol. The van der Waals surface area contributed by atoms with Crippen LogP contribution in [0.25, 0.3) is 0 Å². The Hall–Kier alpha value is -0.133. The molecule has 0 radical (unpaired) electrons. The minimum absolute atomic E-state index is 0. The van der Waals surface area contributed by atoms with Crippen molar-refractivity contribution in [1.82, 2.24) is 0 Å². The Morgan fingerprint density at radius 1 is 1.00 bits per heavy atom. The maximum Gasteiger partial charge on any atom is 1.00 e. The second-order valence-corrected chi connectivity index (χ2v) is 3.57. The van der Waals surface area contributed by atoms with Crippen molar-refractivity contribution in [3.05, 3.63) is 0 Å². The summed E-state index contributed by atoms with van der Waals surface area (Å²) >= 11 is 0. The van der Waals surface area contributed by atoms with E-state index in [0.29, 0.717) is 0 Å². The fourth-order valence-electron chi connectivity index (χ4n) is 1.39. The van der Waals surface area contributed by atoms with Gasteiger partial charge in [-0.3, -0.25) is 0 Å². The number of unbranched alkanes of at least 4 members (excludes halogenated alkanes) is 7. The summed E-state index contributed by atoms with van der Waals surface area (Å²) in [5.74, 6) is 0. The molecule has 0 saturated heterocycles. The molecule has 0 saturated carbocycles. The fraction of sp³-hybridized carbons (Fsp3) is 0.909. The van der Waals surface area contributed by atoms with Crippen molar-refractivity contribution in [3.8, 4) is 0 Å². The summed E-state index contributed by atoms with van der Waals surface area (Å²) in [7, 11) is 0. The molecule has 0 N–H and O–H groups in total. The molecule has 0 aromatic carbocycles. The SMILES string of the molecule is CCCCCCCCCCOC(=O)[O-].[Li+]. The Labute approximate surface area is 105 Å². The van der Waals surface area contributed by atoms with Gasteiger partial charge in [0.1, 0.15) is 0 Å². The molecule has 0 unspecified atom stereocenters. The van der Waals surface area contributed by atoms with Gasteiger partial charge < -0.3 is 14.6 Å². The quantitative estimate of drug-likeness (QED) is 0.291. The first-order chi connectivity index (χ1) is 6.77. The van der Waals surface area contributed by atoms with Crippen LogP contribution >= 0.6 is 0 Å². The minimum atomic E-state index is -1.41. The first kappa shape index (κ1) is 17.3. The summed E-state index contributed by atoms with van der Waals surface area (Å²) in [5.41, 5.74) is 0. The molecule has 0 spiro atoms. The Balaban J connectivity index is 0. The summed E-state index contributed by atoms with van der Waals surface area (Å²) in [6.45, 7) is 2.49. The van der Waals surface area contributed by atoms with Crippen molar-refractivity contribution in [2.45, 2.75) is 58.3 Å². The average molecular weight is 208 g/mol. The molecule has 0 fully saturated rings.